The van der Waals surface area contributed by atoms with Crippen LogP contribution < -0.4 is 15.4 Å². The monoisotopic (exact) mass is 457 g/mol. The van der Waals surface area contributed by atoms with Crippen LogP contribution in [0.25, 0.3) is 0 Å². The van der Waals surface area contributed by atoms with Crippen molar-refractivity contribution >= 4 is 29.3 Å². The van der Waals surface area contributed by atoms with Gasteiger partial charge in [0.05, 0.1) is 24.5 Å². The molecule has 2 amide bonds. The van der Waals surface area contributed by atoms with Crippen molar-refractivity contribution in [3.63, 3.8) is 0 Å². The van der Waals surface area contributed by atoms with E-state index in [1.54, 1.807) is 44.4 Å². The third-order valence-corrected chi connectivity index (χ3v) is 5.59. The second-order valence-corrected chi connectivity index (χ2v) is 7.77. The van der Waals surface area contributed by atoms with Gasteiger partial charge in [-0.25, -0.2) is 4.39 Å². The van der Waals surface area contributed by atoms with E-state index >= 15 is 0 Å². The molecule has 0 bridgehead atoms. The molecule has 1 aromatic heterocycles. The fourth-order valence-corrected chi connectivity index (χ4v) is 3.82. The fourth-order valence-electron chi connectivity index (χ4n) is 3.01. The van der Waals surface area contributed by atoms with Gasteiger partial charge >= 0.3 is 0 Å². The Morgan fingerprint density at radius 3 is 2.53 bits per heavy atom. The summed E-state index contributed by atoms with van der Waals surface area (Å²) in [5, 5.41) is 14.5. The standard InChI is InChI=1S/C22H24FN5O3S/c1-4-28-20(14(2)24-21(30)17-7-5-6-8-18(17)23)26-27-22(28)32-13-19(29)25-15-9-11-16(31-3)12-10-15/h5-12,14H,4,13H2,1-3H3,(H,24,30)(H,25,29). The number of carbonyl (C=O) groups excluding carboxylic acids is 2. The molecule has 2 aromatic carbocycles. The Balaban J connectivity index is 1.61. The van der Waals surface area contributed by atoms with E-state index in [9.17, 15) is 14.0 Å². The van der Waals surface area contributed by atoms with Gasteiger partial charge in [0.1, 0.15) is 11.6 Å². The molecule has 0 fully saturated rings. The smallest absolute Gasteiger partial charge is 0.254 e. The van der Waals surface area contributed by atoms with E-state index in [4.69, 9.17) is 4.74 Å². The molecule has 2 N–H and O–H groups in total. The molecule has 3 rings (SSSR count). The Labute approximate surface area is 189 Å². The average Bonchev–Trinajstić information content (AvgIpc) is 3.21. The number of amides is 2. The van der Waals surface area contributed by atoms with Gasteiger partial charge in [-0.15, -0.1) is 10.2 Å². The van der Waals surface area contributed by atoms with E-state index in [0.717, 1.165) is 0 Å². The van der Waals surface area contributed by atoms with E-state index in [1.165, 1.54) is 30.0 Å². The zero-order valence-electron chi connectivity index (χ0n) is 18.0. The Bertz CT molecular complexity index is 1090. The number of thioether (sulfide) groups is 1. The molecule has 1 atom stereocenters. The van der Waals surface area contributed by atoms with E-state index in [0.29, 0.717) is 29.0 Å². The second kappa shape index (κ2) is 10.8. The lowest BCUT2D eigenvalue weighted by Gasteiger charge is -2.15. The number of carbonyl (C=O) groups is 2. The molecule has 0 aliphatic rings. The first-order valence-electron chi connectivity index (χ1n) is 9.98. The van der Waals surface area contributed by atoms with Crippen LogP contribution in [-0.4, -0.2) is 39.4 Å². The van der Waals surface area contributed by atoms with Gasteiger partial charge < -0.3 is 19.9 Å². The van der Waals surface area contributed by atoms with Crippen LogP contribution in [0.3, 0.4) is 0 Å². The van der Waals surface area contributed by atoms with Crippen LogP contribution >= 0.6 is 11.8 Å². The first kappa shape index (κ1) is 23.3. The van der Waals surface area contributed by atoms with Crippen molar-refractivity contribution in [1.82, 2.24) is 20.1 Å². The summed E-state index contributed by atoms with van der Waals surface area (Å²) in [5.74, 6) is 0.0587. The summed E-state index contributed by atoms with van der Waals surface area (Å²) in [5.41, 5.74) is 0.630. The maximum absolute atomic E-state index is 13.9. The summed E-state index contributed by atoms with van der Waals surface area (Å²) in [7, 11) is 1.58. The Morgan fingerprint density at radius 1 is 1.16 bits per heavy atom. The van der Waals surface area contributed by atoms with Crippen molar-refractivity contribution < 1.29 is 18.7 Å². The predicted molar refractivity (Wildman–Crippen MR) is 120 cm³/mol. The lowest BCUT2D eigenvalue weighted by molar-refractivity contribution is -0.113. The topological polar surface area (TPSA) is 98.1 Å². The number of rotatable bonds is 9. The number of benzene rings is 2. The van der Waals surface area contributed by atoms with Gasteiger partial charge in [-0.1, -0.05) is 23.9 Å². The number of ether oxygens (including phenoxy) is 1. The molecule has 0 spiro atoms. The number of hydrogen-bond donors (Lipinski definition) is 2. The first-order chi connectivity index (χ1) is 15.4. The third-order valence-electron chi connectivity index (χ3n) is 4.62. The van der Waals surface area contributed by atoms with Gasteiger partial charge in [0, 0.05) is 12.2 Å². The number of nitrogens with zero attached hydrogens (tertiary/aromatic N) is 3. The highest BCUT2D eigenvalue weighted by atomic mass is 32.2. The quantitative estimate of drug-likeness (QED) is 0.476. The van der Waals surface area contributed by atoms with Crippen LogP contribution in [0.15, 0.2) is 53.7 Å². The van der Waals surface area contributed by atoms with Crippen LogP contribution in [0.5, 0.6) is 5.75 Å². The van der Waals surface area contributed by atoms with E-state index in [2.05, 4.69) is 20.8 Å². The van der Waals surface area contributed by atoms with Crippen molar-refractivity contribution in [3.8, 4) is 5.75 Å². The summed E-state index contributed by atoms with van der Waals surface area (Å²) in [4.78, 5) is 24.7. The maximum Gasteiger partial charge on any atom is 0.254 e. The van der Waals surface area contributed by atoms with Gasteiger partial charge in [0.15, 0.2) is 11.0 Å². The molecule has 1 unspecified atom stereocenters. The van der Waals surface area contributed by atoms with Crippen LogP contribution in [0.4, 0.5) is 10.1 Å². The van der Waals surface area contributed by atoms with Gasteiger partial charge in [-0.3, -0.25) is 9.59 Å². The largest absolute Gasteiger partial charge is 0.497 e. The van der Waals surface area contributed by atoms with Crippen LogP contribution in [-0.2, 0) is 11.3 Å². The molecule has 0 saturated heterocycles. The molecule has 0 radical (unpaired) electrons. The highest BCUT2D eigenvalue weighted by Gasteiger charge is 2.21. The van der Waals surface area contributed by atoms with E-state index in [1.807, 2.05) is 11.5 Å². The zero-order chi connectivity index (χ0) is 23.1. The summed E-state index contributed by atoms with van der Waals surface area (Å²) < 4.78 is 20.8. The summed E-state index contributed by atoms with van der Waals surface area (Å²) in [6.45, 7) is 4.21. The second-order valence-electron chi connectivity index (χ2n) is 6.83. The first-order valence-corrected chi connectivity index (χ1v) is 11.0. The van der Waals surface area contributed by atoms with E-state index in [-0.39, 0.29) is 17.2 Å². The third kappa shape index (κ3) is 5.64. The SMILES string of the molecule is CCn1c(SCC(=O)Nc2ccc(OC)cc2)nnc1C(C)NC(=O)c1ccccc1F. The normalized spacial score (nSPS) is 11.6. The van der Waals surface area contributed by atoms with Crippen molar-refractivity contribution in [3.05, 3.63) is 65.7 Å². The number of halogens is 1. The Hall–Kier alpha value is -3.40. The zero-order valence-corrected chi connectivity index (χ0v) is 18.8. The predicted octanol–water partition coefficient (Wildman–Crippen LogP) is 3.67. The van der Waals surface area contributed by atoms with Crippen molar-refractivity contribution in [2.75, 3.05) is 18.2 Å². The van der Waals surface area contributed by atoms with Crippen LogP contribution in [0.1, 0.15) is 36.1 Å². The lowest BCUT2D eigenvalue weighted by Crippen LogP contribution is -2.29. The number of aromatic nitrogens is 3. The Kier molecular flexibility index (Phi) is 7.82. The lowest BCUT2D eigenvalue weighted by atomic mass is 10.2. The number of nitrogens with one attached hydrogen (secondary N) is 2. The van der Waals surface area contributed by atoms with Crippen molar-refractivity contribution in [2.45, 2.75) is 31.6 Å². The van der Waals surface area contributed by atoms with Gasteiger partial charge in [0.25, 0.3) is 5.91 Å². The fraction of sp³-hybridized carbons (Fsp3) is 0.273. The van der Waals surface area contributed by atoms with Crippen LogP contribution in [0.2, 0.25) is 0 Å². The molecule has 32 heavy (non-hydrogen) atoms. The number of anilines is 1. The summed E-state index contributed by atoms with van der Waals surface area (Å²) in [6.07, 6.45) is 0. The molecule has 1 heterocycles. The average molecular weight is 458 g/mol. The molecule has 8 nitrogen and oxygen atoms in total. The Morgan fingerprint density at radius 2 is 1.88 bits per heavy atom. The molecular formula is C22H24FN5O3S. The van der Waals surface area contributed by atoms with Crippen LogP contribution in [0, 0.1) is 5.82 Å². The molecule has 0 saturated carbocycles. The highest BCUT2D eigenvalue weighted by molar-refractivity contribution is 7.99. The molecule has 10 heteroatoms. The minimum Gasteiger partial charge on any atom is -0.497 e. The van der Waals surface area contributed by atoms with Gasteiger partial charge in [-0.2, -0.15) is 0 Å². The molecule has 3 aromatic rings. The molecule has 0 aliphatic heterocycles. The molecule has 0 aliphatic carbocycles. The van der Waals surface area contributed by atoms with Gasteiger partial charge in [-0.05, 0) is 50.2 Å². The minimum absolute atomic E-state index is 0.0354. The number of hydrogen-bond acceptors (Lipinski definition) is 6. The molecular weight excluding hydrogens is 433 g/mol. The highest BCUT2D eigenvalue weighted by Crippen LogP contribution is 2.22. The van der Waals surface area contributed by atoms with Crippen molar-refractivity contribution in [1.29, 1.82) is 0 Å². The van der Waals surface area contributed by atoms with Gasteiger partial charge in [0.2, 0.25) is 5.91 Å². The maximum atomic E-state index is 13.9. The summed E-state index contributed by atoms with van der Waals surface area (Å²) in [6, 6.07) is 12.3. The summed E-state index contributed by atoms with van der Waals surface area (Å²) >= 11 is 1.24. The van der Waals surface area contributed by atoms with Crippen molar-refractivity contribution in [2.24, 2.45) is 0 Å². The number of methoxy groups -OCH3 is 1. The molecule has 168 valence electrons. The van der Waals surface area contributed by atoms with E-state index < -0.39 is 17.8 Å². The minimum atomic E-state index is -0.590.